The molecule has 0 unspecified atom stereocenters. The Morgan fingerprint density at radius 1 is 1.06 bits per heavy atom. The van der Waals surface area contributed by atoms with Gasteiger partial charge in [-0.15, -0.1) is 0 Å². The highest BCUT2D eigenvalue weighted by Gasteiger charge is 2.08. The van der Waals surface area contributed by atoms with Crippen molar-refractivity contribution in [3.05, 3.63) is 96.0 Å². The van der Waals surface area contributed by atoms with Crippen molar-refractivity contribution in [2.45, 2.75) is 6.54 Å². The van der Waals surface area contributed by atoms with E-state index in [9.17, 15) is 9.18 Å². The van der Waals surface area contributed by atoms with E-state index < -0.39 is 0 Å². The van der Waals surface area contributed by atoms with Gasteiger partial charge in [0.15, 0.2) is 0 Å². The minimum absolute atomic E-state index is 0.278. The number of benzene rings is 3. The number of nitrogens with one attached hydrogen (secondary N) is 3. The van der Waals surface area contributed by atoms with Crippen molar-refractivity contribution in [2.75, 3.05) is 16.0 Å². The summed E-state index contributed by atoms with van der Waals surface area (Å²) in [5.74, 6) is -0.00991. The van der Waals surface area contributed by atoms with E-state index in [4.69, 9.17) is 11.6 Å². The zero-order chi connectivity index (χ0) is 22.5. The van der Waals surface area contributed by atoms with Crippen LogP contribution in [0.2, 0.25) is 5.02 Å². The van der Waals surface area contributed by atoms with Gasteiger partial charge in [-0.3, -0.25) is 4.79 Å². The molecule has 0 atom stereocenters. The van der Waals surface area contributed by atoms with Crippen LogP contribution in [0.25, 0.3) is 10.9 Å². The van der Waals surface area contributed by atoms with Crippen LogP contribution in [-0.2, 0) is 11.3 Å². The van der Waals surface area contributed by atoms with Gasteiger partial charge in [0.2, 0.25) is 5.91 Å². The Labute approximate surface area is 189 Å². The molecule has 4 rings (SSSR count). The van der Waals surface area contributed by atoms with Crippen molar-refractivity contribution in [3.63, 3.8) is 0 Å². The first-order valence-electron chi connectivity index (χ1n) is 9.75. The predicted molar refractivity (Wildman–Crippen MR) is 127 cm³/mol. The molecule has 0 bridgehead atoms. The minimum Gasteiger partial charge on any atom is -0.380 e. The van der Waals surface area contributed by atoms with E-state index in [1.54, 1.807) is 30.3 Å². The third kappa shape index (κ3) is 5.01. The van der Waals surface area contributed by atoms with Crippen LogP contribution in [0.5, 0.6) is 0 Å². The molecular weight excluding hydrogens is 429 g/mol. The van der Waals surface area contributed by atoms with Crippen LogP contribution in [0.15, 0.2) is 79.6 Å². The highest BCUT2D eigenvalue weighted by atomic mass is 35.5. The van der Waals surface area contributed by atoms with Crippen LogP contribution in [0.1, 0.15) is 5.56 Å². The largest absolute Gasteiger partial charge is 0.380 e. The fourth-order valence-electron chi connectivity index (χ4n) is 3.14. The van der Waals surface area contributed by atoms with E-state index in [0.29, 0.717) is 23.1 Å². The van der Waals surface area contributed by atoms with Gasteiger partial charge >= 0.3 is 0 Å². The Hall–Kier alpha value is -3.97. The molecule has 0 saturated carbocycles. The van der Waals surface area contributed by atoms with Crippen molar-refractivity contribution < 1.29 is 9.18 Å². The first kappa shape index (κ1) is 21.3. The van der Waals surface area contributed by atoms with Gasteiger partial charge in [0.1, 0.15) is 18.0 Å². The van der Waals surface area contributed by atoms with Crippen LogP contribution in [-0.4, -0.2) is 15.9 Å². The molecule has 3 N–H and O–H groups in total. The number of hydrogen-bond donors (Lipinski definition) is 3. The molecule has 3 aromatic carbocycles. The van der Waals surface area contributed by atoms with Gasteiger partial charge in [-0.2, -0.15) is 0 Å². The van der Waals surface area contributed by atoms with Gasteiger partial charge in [-0.05, 0) is 60.2 Å². The van der Waals surface area contributed by atoms with Gasteiger partial charge in [0.05, 0.1) is 16.2 Å². The monoisotopic (exact) mass is 447 g/mol. The summed E-state index contributed by atoms with van der Waals surface area (Å²) in [7, 11) is 0. The van der Waals surface area contributed by atoms with E-state index in [1.807, 2.05) is 18.2 Å². The molecule has 8 heteroatoms. The summed E-state index contributed by atoms with van der Waals surface area (Å²) < 4.78 is 13.4. The Morgan fingerprint density at radius 3 is 2.69 bits per heavy atom. The second-order valence-corrected chi connectivity index (χ2v) is 7.36. The van der Waals surface area contributed by atoms with E-state index in [1.165, 1.54) is 24.5 Å². The Bertz CT molecular complexity index is 1310. The summed E-state index contributed by atoms with van der Waals surface area (Å²) in [4.78, 5) is 20.2. The molecule has 0 aliphatic rings. The molecule has 1 heterocycles. The fraction of sp³-hybridized carbons (Fsp3) is 0.0417. The standard InChI is InChI=1S/C24H19ClFN5O/c1-2-23(32)30-17-6-8-21-19(11-17)24(29-14-28-21)31-18-7-9-22(20(25)12-18)27-13-15-4-3-5-16(26)10-15/h2-12,14,27H,1,13H2,(H,30,32)(H,28,29,31). The topological polar surface area (TPSA) is 78.9 Å². The highest BCUT2D eigenvalue weighted by molar-refractivity contribution is 6.33. The second-order valence-electron chi connectivity index (χ2n) is 6.95. The summed E-state index contributed by atoms with van der Waals surface area (Å²) in [5, 5.41) is 10.4. The number of amides is 1. The third-order valence-electron chi connectivity index (χ3n) is 4.69. The maximum absolute atomic E-state index is 13.4. The number of carbonyl (C=O) groups is 1. The third-order valence-corrected chi connectivity index (χ3v) is 5.00. The molecule has 1 amide bonds. The number of anilines is 4. The number of rotatable bonds is 7. The number of halogens is 2. The molecular formula is C24H19ClFN5O. The molecule has 6 nitrogen and oxygen atoms in total. The summed E-state index contributed by atoms with van der Waals surface area (Å²) in [6.07, 6.45) is 2.67. The summed E-state index contributed by atoms with van der Waals surface area (Å²) in [5.41, 5.74) is 3.60. The molecule has 0 aliphatic carbocycles. The number of hydrogen-bond acceptors (Lipinski definition) is 5. The number of fused-ring (bicyclic) bond motifs is 1. The lowest BCUT2D eigenvalue weighted by Crippen LogP contribution is -2.07. The van der Waals surface area contributed by atoms with E-state index >= 15 is 0 Å². The zero-order valence-corrected chi connectivity index (χ0v) is 17.7. The van der Waals surface area contributed by atoms with Gasteiger partial charge in [-0.25, -0.2) is 14.4 Å². The van der Waals surface area contributed by atoms with E-state index in [-0.39, 0.29) is 11.7 Å². The maximum Gasteiger partial charge on any atom is 0.247 e. The van der Waals surface area contributed by atoms with Crippen LogP contribution in [0.4, 0.5) is 27.3 Å². The smallest absolute Gasteiger partial charge is 0.247 e. The van der Waals surface area contributed by atoms with Crippen molar-refractivity contribution in [2.24, 2.45) is 0 Å². The van der Waals surface area contributed by atoms with E-state index in [2.05, 4.69) is 32.5 Å². The number of aromatic nitrogens is 2. The van der Waals surface area contributed by atoms with Crippen LogP contribution in [0.3, 0.4) is 0 Å². The van der Waals surface area contributed by atoms with Crippen LogP contribution in [0, 0.1) is 5.82 Å². The Kier molecular flexibility index (Phi) is 6.28. The van der Waals surface area contributed by atoms with Gasteiger partial charge in [0, 0.05) is 23.3 Å². The quantitative estimate of drug-likeness (QED) is 0.307. The molecule has 160 valence electrons. The summed E-state index contributed by atoms with van der Waals surface area (Å²) in [6, 6.07) is 17.2. The van der Waals surface area contributed by atoms with Crippen molar-refractivity contribution in [1.82, 2.24) is 9.97 Å². The Morgan fingerprint density at radius 2 is 1.91 bits per heavy atom. The zero-order valence-electron chi connectivity index (χ0n) is 16.9. The second kappa shape index (κ2) is 9.45. The van der Waals surface area contributed by atoms with Gasteiger partial charge in [0.25, 0.3) is 0 Å². The average molecular weight is 448 g/mol. The maximum atomic E-state index is 13.4. The summed E-state index contributed by atoms with van der Waals surface area (Å²) >= 11 is 6.44. The normalized spacial score (nSPS) is 10.6. The van der Waals surface area contributed by atoms with Crippen molar-refractivity contribution in [1.29, 1.82) is 0 Å². The van der Waals surface area contributed by atoms with Gasteiger partial charge < -0.3 is 16.0 Å². The highest BCUT2D eigenvalue weighted by Crippen LogP contribution is 2.30. The SMILES string of the molecule is C=CC(=O)Nc1ccc2ncnc(Nc3ccc(NCc4cccc(F)c4)c(Cl)c3)c2c1. The lowest BCUT2D eigenvalue weighted by molar-refractivity contribution is -0.111. The number of nitrogens with zero attached hydrogens (tertiary/aromatic N) is 2. The molecule has 0 fully saturated rings. The molecule has 32 heavy (non-hydrogen) atoms. The van der Waals surface area contributed by atoms with Crippen LogP contribution >= 0.6 is 11.6 Å². The fourth-order valence-corrected chi connectivity index (χ4v) is 3.39. The first-order chi connectivity index (χ1) is 15.5. The van der Waals surface area contributed by atoms with Gasteiger partial charge in [-0.1, -0.05) is 30.3 Å². The molecule has 0 spiro atoms. The first-order valence-corrected chi connectivity index (χ1v) is 10.1. The molecule has 4 aromatic rings. The van der Waals surface area contributed by atoms with Crippen LogP contribution < -0.4 is 16.0 Å². The molecule has 0 saturated heterocycles. The Balaban J connectivity index is 1.53. The predicted octanol–water partition coefficient (Wildman–Crippen LogP) is 5.90. The average Bonchev–Trinajstić information content (AvgIpc) is 2.79. The molecule has 0 aliphatic heterocycles. The molecule has 0 radical (unpaired) electrons. The minimum atomic E-state index is -0.302. The van der Waals surface area contributed by atoms with Crippen molar-refractivity contribution in [3.8, 4) is 0 Å². The number of carbonyl (C=O) groups excluding carboxylic acids is 1. The lowest BCUT2D eigenvalue weighted by Gasteiger charge is -2.13. The summed E-state index contributed by atoms with van der Waals surface area (Å²) in [6.45, 7) is 3.90. The van der Waals surface area contributed by atoms with E-state index in [0.717, 1.165) is 27.8 Å². The van der Waals surface area contributed by atoms with Crippen molar-refractivity contribution >= 4 is 51.3 Å². The molecule has 1 aromatic heterocycles. The lowest BCUT2D eigenvalue weighted by atomic mass is 10.2.